The standard InChI is InChI=1S/C12H21N3/c1-4-6-11(3)14-12(5-2)15-9-7-13-8-10-15/h4-6,13H,7-10H2,1-3H3/b6-4-,12-5+,14-11-. The zero-order valence-corrected chi connectivity index (χ0v) is 9.95. The number of piperazine rings is 1. The maximum absolute atomic E-state index is 4.60. The fourth-order valence-electron chi connectivity index (χ4n) is 1.67. The van der Waals surface area contributed by atoms with Crippen LogP contribution >= 0.6 is 0 Å². The van der Waals surface area contributed by atoms with Crippen molar-refractivity contribution in [3.63, 3.8) is 0 Å². The maximum atomic E-state index is 4.60. The summed E-state index contributed by atoms with van der Waals surface area (Å²) in [4.78, 5) is 6.92. The first-order valence-corrected chi connectivity index (χ1v) is 5.58. The van der Waals surface area contributed by atoms with Crippen molar-refractivity contribution in [2.75, 3.05) is 26.2 Å². The van der Waals surface area contributed by atoms with Gasteiger partial charge in [-0.15, -0.1) is 0 Å². The summed E-state index contributed by atoms with van der Waals surface area (Å²) in [6, 6.07) is 0. The van der Waals surface area contributed by atoms with E-state index in [1.807, 2.05) is 32.9 Å². The molecule has 0 amide bonds. The molecule has 1 heterocycles. The molecule has 0 saturated carbocycles. The first-order valence-electron chi connectivity index (χ1n) is 5.58. The lowest BCUT2D eigenvalue weighted by Crippen LogP contribution is -2.42. The molecule has 0 aliphatic carbocycles. The van der Waals surface area contributed by atoms with Gasteiger partial charge in [0.1, 0.15) is 5.82 Å². The molecule has 3 heteroatoms. The number of rotatable bonds is 3. The van der Waals surface area contributed by atoms with Gasteiger partial charge in [-0.1, -0.05) is 6.08 Å². The van der Waals surface area contributed by atoms with Crippen LogP contribution in [0.1, 0.15) is 20.8 Å². The molecule has 0 aromatic heterocycles. The third kappa shape index (κ3) is 3.88. The Morgan fingerprint density at radius 3 is 2.47 bits per heavy atom. The van der Waals surface area contributed by atoms with Crippen LogP contribution in [0.25, 0.3) is 0 Å². The van der Waals surface area contributed by atoms with E-state index >= 15 is 0 Å². The van der Waals surface area contributed by atoms with Crippen LogP contribution in [0.4, 0.5) is 0 Å². The molecule has 0 bridgehead atoms. The summed E-state index contributed by atoms with van der Waals surface area (Å²) in [7, 11) is 0. The SMILES string of the molecule is C\C=C/C(C)=N\C(=C/C)N1CCNCC1. The molecule has 15 heavy (non-hydrogen) atoms. The molecule has 3 nitrogen and oxygen atoms in total. The summed E-state index contributed by atoms with van der Waals surface area (Å²) < 4.78 is 0. The molecule has 0 aromatic rings. The average molecular weight is 207 g/mol. The van der Waals surface area contributed by atoms with Gasteiger partial charge in [0.15, 0.2) is 0 Å². The van der Waals surface area contributed by atoms with Gasteiger partial charge < -0.3 is 10.2 Å². The summed E-state index contributed by atoms with van der Waals surface area (Å²) in [6.07, 6.45) is 6.13. The third-order valence-electron chi connectivity index (χ3n) is 2.40. The van der Waals surface area contributed by atoms with Crippen molar-refractivity contribution >= 4 is 5.71 Å². The Balaban J connectivity index is 2.66. The highest BCUT2D eigenvalue weighted by molar-refractivity contribution is 5.93. The van der Waals surface area contributed by atoms with Crippen molar-refractivity contribution < 1.29 is 0 Å². The van der Waals surface area contributed by atoms with Crippen LogP contribution in [0.2, 0.25) is 0 Å². The van der Waals surface area contributed by atoms with Gasteiger partial charge in [-0.25, -0.2) is 4.99 Å². The smallest absolute Gasteiger partial charge is 0.124 e. The van der Waals surface area contributed by atoms with Crippen molar-refractivity contribution in [1.82, 2.24) is 10.2 Å². The summed E-state index contributed by atoms with van der Waals surface area (Å²) in [5.74, 6) is 1.09. The maximum Gasteiger partial charge on any atom is 0.124 e. The van der Waals surface area contributed by atoms with E-state index in [9.17, 15) is 0 Å². The van der Waals surface area contributed by atoms with E-state index in [2.05, 4.69) is 21.3 Å². The molecule has 1 aliphatic heterocycles. The van der Waals surface area contributed by atoms with E-state index in [4.69, 9.17) is 0 Å². The van der Waals surface area contributed by atoms with Crippen molar-refractivity contribution in [3.05, 3.63) is 24.0 Å². The Bertz CT molecular complexity index is 271. The Morgan fingerprint density at radius 1 is 1.27 bits per heavy atom. The molecule has 0 atom stereocenters. The van der Waals surface area contributed by atoms with Gasteiger partial charge in [0.2, 0.25) is 0 Å². The number of aliphatic imine (C=N–C) groups is 1. The van der Waals surface area contributed by atoms with Crippen molar-refractivity contribution in [2.24, 2.45) is 4.99 Å². The fourth-order valence-corrected chi connectivity index (χ4v) is 1.67. The van der Waals surface area contributed by atoms with Gasteiger partial charge in [-0.3, -0.25) is 0 Å². The van der Waals surface area contributed by atoms with Gasteiger partial charge in [0.05, 0.1) is 0 Å². The lowest BCUT2D eigenvalue weighted by Gasteiger charge is -2.29. The first kappa shape index (κ1) is 12.0. The lowest BCUT2D eigenvalue weighted by atomic mass is 10.3. The molecular weight excluding hydrogens is 186 g/mol. The highest BCUT2D eigenvalue weighted by atomic mass is 15.3. The second-order valence-corrected chi connectivity index (χ2v) is 3.64. The minimum Gasteiger partial charge on any atom is -0.354 e. The quantitative estimate of drug-likeness (QED) is 0.714. The van der Waals surface area contributed by atoms with Gasteiger partial charge in [-0.2, -0.15) is 0 Å². The molecule has 1 rings (SSSR count). The Labute approximate surface area is 92.6 Å². The number of hydrogen-bond donors (Lipinski definition) is 1. The number of hydrogen-bond acceptors (Lipinski definition) is 3. The van der Waals surface area contributed by atoms with Gasteiger partial charge >= 0.3 is 0 Å². The second-order valence-electron chi connectivity index (χ2n) is 3.64. The second kappa shape index (κ2) is 6.40. The van der Waals surface area contributed by atoms with E-state index in [0.29, 0.717) is 0 Å². The highest BCUT2D eigenvalue weighted by Gasteiger charge is 2.11. The third-order valence-corrected chi connectivity index (χ3v) is 2.40. The minimum atomic E-state index is 1.05. The summed E-state index contributed by atoms with van der Waals surface area (Å²) >= 11 is 0. The van der Waals surface area contributed by atoms with Crippen LogP contribution in [0.5, 0.6) is 0 Å². The van der Waals surface area contributed by atoms with Crippen LogP contribution < -0.4 is 5.32 Å². The topological polar surface area (TPSA) is 27.6 Å². The Kier molecular flexibility index (Phi) is 5.12. The summed E-state index contributed by atoms with van der Waals surface area (Å²) in [6.45, 7) is 10.3. The van der Waals surface area contributed by atoms with E-state index in [1.54, 1.807) is 0 Å². The Hall–Kier alpha value is -1.09. The van der Waals surface area contributed by atoms with Crippen LogP contribution in [-0.4, -0.2) is 36.8 Å². The molecule has 0 radical (unpaired) electrons. The van der Waals surface area contributed by atoms with Crippen LogP contribution in [0.15, 0.2) is 29.0 Å². The van der Waals surface area contributed by atoms with Gasteiger partial charge in [0.25, 0.3) is 0 Å². The minimum absolute atomic E-state index is 1.05. The summed E-state index contributed by atoms with van der Waals surface area (Å²) in [5, 5.41) is 3.34. The van der Waals surface area contributed by atoms with Crippen LogP contribution in [-0.2, 0) is 0 Å². The molecule has 84 valence electrons. The zero-order chi connectivity index (χ0) is 11.1. The van der Waals surface area contributed by atoms with Gasteiger partial charge in [0, 0.05) is 31.9 Å². The molecule has 1 aliphatic rings. The van der Waals surface area contributed by atoms with Crippen molar-refractivity contribution in [3.8, 4) is 0 Å². The van der Waals surface area contributed by atoms with Crippen LogP contribution in [0.3, 0.4) is 0 Å². The zero-order valence-electron chi connectivity index (χ0n) is 9.95. The lowest BCUT2D eigenvalue weighted by molar-refractivity contribution is 0.296. The largest absolute Gasteiger partial charge is 0.354 e. The monoisotopic (exact) mass is 207 g/mol. The molecule has 0 unspecified atom stereocenters. The molecular formula is C12H21N3. The number of nitrogens with zero attached hydrogens (tertiary/aromatic N) is 2. The number of allylic oxidation sites excluding steroid dienone is 3. The first-order chi connectivity index (χ1) is 7.27. The predicted molar refractivity (Wildman–Crippen MR) is 66.1 cm³/mol. The van der Waals surface area contributed by atoms with Crippen LogP contribution in [0, 0.1) is 0 Å². The molecule has 0 spiro atoms. The molecule has 1 N–H and O–H groups in total. The van der Waals surface area contributed by atoms with E-state index in [0.717, 1.165) is 37.7 Å². The Morgan fingerprint density at radius 2 is 1.93 bits per heavy atom. The van der Waals surface area contributed by atoms with E-state index in [-0.39, 0.29) is 0 Å². The average Bonchev–Trinajstić information content (AvgIpc) is 2.27. The molecule has 1 fully saturated rings. The predicted octanol–water partition coefficient (Wildman–Crippen LogP) is 1.79. The highest BCUT2D eigenvalue weighted by Crippen LogP contribution is 2.07. The van der Waals surface area contributed by atoms with E-state index in [1.165, 1.54) is 0 Å². The normalized spacial score (nSPS) is 20.1. The molecule has 1 saturated heterocycles. The summed E-state index contributed by atoms with van der Waals surface area (Å²) in [5.41, 5.74) is 1.06. The number of nitrogens with one attached hydrogen (secondary N) is 1. The fraction of sp³-hybridized carbons (Fsp3) is 0.583. The van der Waals surface area contributed by atoms with Crippen molar-refractivity contribution in [1.29, 1.82) is 0 Å². The molecule has 0 aromatic carbocycles. The van der Waals surface area contributed by atoms with E-state index < -0.39 is 0 Å². The van der Waals surface area contributed by atoms with Gasteiger partial charge in [-0.05, 0) is 32.9 Å². The van der Waals surface area contributed by atoms with Crippen molar-refractivity contribution in [2.45, 2.75) is 20.8 Å².